The van der Waals surface area contributed by atoms with Gasteiger partial charge in [-0.1, -0.05) is 18.3 Å². The minimum atomic E-state index is -0.321. The molecule has 0 fully saturated rings. The van der Waals surface area contributed by atoms with Crippen LogP contribution in [0.25, 0.3) is 6.08 Å². The first-order chi connectivity index (χ1) is 13.5. The molecule has 0 saturated heterocycles. The van der Waals surface area contributed by atoms with Crippen LogP contribution in [-0.2, 0) is 22.4 Å². The van der Waals surface area contributed by atoms with Crippen LogP contribution in [0, 0.1) is 0 Å². The second-order valence-electron chi connectivity index (χ2n) is 6.22. The number of carbonyl (C=O) groups is 2. The molecule has 0 bridgehead atoms. The van der Waals surface area contributed by atoms with Gasteiger partial charge >= 0.3 is 0 Å². The Bertz CT molecular complexity index is 909. The van der Waals surface area contributed by atoms with Gasteiger partial charge in [0.05, 0.1) is 20.6 Å². The molecule has 148 valence electrons. The molecule has 2 amide bonds. The quantitative estimate of drug-likeness (QED) is 0.765. The topological polar surface area (TPSA) is 93.7 Å². The standard InChI is InChI=1S/C19H22N4O4S/c1-4-5-17-21-22-19(28-17)20-16(24)11-23-7-6-12-8-14(26-2)15(27-3)9-13(12)10-18(23)25/h6-9H,4-5,10-11H2,1-3H3,(H,20,22,24). The summed E-state index contributed by atoms with van der Waals surface area (Å²) in [5.41, 5.74) is 1.66. The van der Waals surface area contributed by atoms with Crippen LogP contribution in [0.4, 0.5) is 5.13 Å². The van der Waals surface area contributed by atoms with E-state index in [9.17, 15) is 9.59 Å². The molecule has 1 aromatic heterocycles. The van der Waals surface area contributed by atoms with Crippen molar-refractivity contribution in [3.63, 3.8) is 0 Å². The highest BCUT2D eigenvalue weighted by Crippen LogP contribution is 2.32. The van der Waals surface area contributed by atoms with Gasteiger partial charge in [0.25, 0.3) is 0 Å². The van der Waals surface area contributed by atoms with E-state index in [1.165, 1.54) is 16.2 Å². The van der Waals surface area contributed by atoms with Crippen molar-refractivity contribution < 1.29 is 19.1 Å². The van der Waals surface area contributed by atoms with Crippen molar-refractivity contribution >= 4 is 34.4 Å². The number of benzene rings is 1. The number of aryl methyl sites for hydroxylation is 1. The van der Waals surface area contributed by atoms with E-state index in [1.54, 1.807) is 32.6 Å². The number of hydrogen-bond acceptors (Lipinski definition) is 7. The molecule has 1 aromatic carbocycles. The molecule has 8 nitrogen and oxygen atoms in total. The third-order valence-electron chi connectivity index (χ3n) is 4.23. The number of aromatic nitrogens is 2. The molecule has 1 aliphatic heterocycles. The summed E-state index contributed by atoms with van der Waals surface area (Å²) in [4.78, 5) is 26.3. The fourth-order valence-corrected chi connectivity index (χ4v) is 3.69. The summed E-state index contributed by atoms with van der Waals surface area (Å²) in [5, 5.41) is 12.0. The largest absolute Gasteiger partial charge is 0.493 e. The summed E-state index contributed by atoms with van der Waals surface area (Å²) >= 11 is 1.35. The van der Waals surface area contributed by atoms with E-state index < -0.39 is 0 Å². The Morgan fingerprint density at radius 1 is 1.25 bits per heavy atom. The van der Waals surface area contributed by atoms with Crippen molar-refractivity contribution in [3.8, 4) is 11.5 Å². The van der Waals surface area contributed by atoms with E-state index in [0.717, 1.165) is 29.0 Å². The molecular formula is C19H22N4O4S. The first-order valence-corrected chi connectivity index (χ1v) is 9.70. The first-order valence-electron chi connectivity index (χ1n) is 8.88. The monoisotopic (exact) mass is 402 g/mol. The van der Waals surface area contributed by atoms with Crippen LogP contribution in [0.5, 0.6) is 11.5 Å². The molecule has 0 aliphatic carbocycles. The lowest BCUT2D eigenvalue weighted by atomic mass is 10.0. The summed E-state index contributed by atoms with van der Waals surface area (Å²) in [6, 6.07) is 3.61. The second kappa shape index (κ2) is 8.83. The van der Waals surface area contributed by atoms with Gasteiger partial charge in [-0.2, -0.15) is 0 Å². The zero-order chi connectivity index (χ0) is 20.1. The molecule has 0 radical (unpaired) electrons. The number of anilines is 1. The molecular weight excluding hydrogens is 380 g/mol. The number of carbonyl (C=O) groups excluding carboxylic acids is 2. The summed E-state index contributed by atoms with van der Waals surface area (Å²) in [6.45, 7) is 1.96. The Morgan fingerprint density at radius 2 is 2.00 bits per heavy atom. The lowest BCUT2D eigenvalue weighted by Crippen LogP contribution is -2.34. The molecule has 3 rings (SSSR count). The fourth-order valence-electron chi connectivity index (χ4n) is 2.84. The average molecular weight is 402 g/mol. The van der Waals surface area contributed by atoms with E-state index in [2.05, 4.69) is 22.4 Å². The number of rotatable bonds is 7. The van der Waals surface area contributed by atoms with Gasteiger partial charge in [-0.25, -0.2) is 0 Å². The number of nitrogens with zero attached hydrogens (tertiary/aromatic N) is 3. The van der Waals surface area contributed by atoms with Crippen LogP contribution in [0.1, 0.15) is 29.5 Å². The highest BCUT2D eigenvalue weighted by atomic mass is 32.1. The van der Waals surface area contributed by atoms with Crippen molar-refractivity contribution in [1.82, 2.24) is 15.1 Å². The fraction of sp³-hybridized carbons (Fsp3) is 0.368. The van der Waals surface area contributed by atoms with Gasteiger partial charge in [-0.05, 0) is 35.8 Å². The maximum atomic E-state index is 12.6. The Kier molecular flexibility index (Phi) is 6.25. The predicted molar refractivity (Wildman–Crippen MR) is 107 cm³/mol. The number of hydrogen-bond donors (Lipinski definition) is 1. The van der Waals surface area contributed by atoms with Crippen molar-refractivity contribution in [3.05, 3.63) is 34.5 Å². The summed E-state index contributed by atoms with van der Waals surface area (Å²) < 4.78 is 10.6. The van der Waals surface area contributed by atoms with Crippen LogP contribution in [-0.4, -0.2) is 47.7 Å². The number of ether oxygens (including phenoxy) is 2. The van der Waals surface area contributed by atoms with Gasteiger partial charge in [0.1, 0.15) is 11.6 Å². The van der Waals surface area contributed by atoms with Crippen molar-refractivity contribution in [2.24, 2.45) is 0 Å². The molecule has 28 heavy (non-hydrogen) atoms. The van der Waals surface area contributed by atoms with Gasteiger partial charge in [0.15, 0.2) is 11.5 Å². The predicted octanol–water partition coefficient (Wildman–Crippen LogP) is 2.50. The minimum absolute atomic E-state index is 0.0969. The summed E-state index contributed by atoms with van der Waals surface area (Å²) in [5.74, 6) is 0.649. The highest BCUT2D eigenvalue weighted by molar-refractivity contribution is 7.15. The Balaban J connectivity index is 1.69. The highest BCUT2D eigenvalue weighted by Gasteiger charge is 2.21. The summed E-state index contributed by atoms with van der Waals surface area (Å²) in [7, 11) is 3.11. The van der Waals surface area contributed by atoms with Crippen LogP contribution in [0.2, 0.25) is 0 Å². The number of amides is 2. The van der Waals surface area contributed by atoms with E-state index in [1.807, 2.05) is 6.07 Å². The van der Waals surface area contributed by atoms with Gasteiger partial charge < -0.3 is 14.4 Å². The Labute approximate surface area is 167 Å². The van der Waals surface area contributed by atoms with Crippen LogP contribution in [0.3, 0.4) is 0 Å². The van der Waals surface area contributed by atoms with Crippen LogP contribution >= 0.6 is 11.3 Å². The lowest BCUT2D eigenvalue weighted by molar-refractivity contribution is -0.131. The number of nitrogens with one attached hydrogen (secondary N) is 1. The third-order valence-corrected chi connectivity index (χ3v) is 5.13. The molecule has 9 heteroatoms. The zero-order valence-electron chi connectivity index (χ0n) is 16.0. The molecule has 0 saturated carbocycles. The molecule has 2 heterocycles. The maximum absolute atomic E-state index is 12.6. The first kappa shape index (κ1) is 19.8. The Morgan fingerprint density at radius 3 is 2.71 bits per heavy atom. The van der Waals surface area contributed by atoms with Gasteiger partial charge in [-0.3, -0.25) is 14.9 Å². The number of fused-ring (bicyclic) bond motifs is 1. The normalized spacial score (nSPS) is 13.1. The van der Waals surface area contributed by atoms with Gasteiger partial charge in [0, 0.05) is 12.6 Å². The minimum Gasteiger partial charge on any atom is -0.493 e. The molecule has 2 aromatic rings. The third kappa shape index (κ3) is 4.48. The number of methoxy groups -OCH3 is 2. The molecule has 0 unspecified atom stereocenters. The van der Waals surface area contributed by atoms with E-state index in [-0.39, 0.29) is 24.8 Å². The molecule has 0 spiro atoms. The molecule has 1 aliphatic rings. The van der Waals surface area contributed by atoms with Crippen LogP contribution in [0.15, 0.2) is 18.3 Å². The van der Waals surface area contributed by atoms with Crippen molar-refractivity contribution in [2.75, 3.05) is 26.1 Å². The van der Waals surface area contributed by atoms with Gasteiger partial charge in [-0.15, -0.1) is 10.2 Å². The SMILES string of the molecule is CCCc1nnc(NC(=O)CN2C=Cc3cc(OC)c(OC)cc3CC2=O)s1. The van der Waals surface area contributed by atoms with E-state index >= 15 is 0 Å². The van der Waals surface area contributed by atoms with E-state index in [4.69, 9.17) is 9.47 Å². The maximum Gasteiger partial charge on any atom is 0.246 e. The van der Waals surface area contributed by atoms with Gasteiger partial charge in [0.2, 0.25) is 16.9 Å². The smallest absolute Gasteiger partial charge is 0.246 e. The average Bonchev–Trinajstić information content (AvgIpc) is 3.05. The molecule has 1 N–H and O–H groups in total. The summed E-state index contributed by atoms with van der Waals surface area (Å²) in [6.07, 6.45) is 5.36. The van der Waals surface area contributed by atoms with Crippen molar-refractivity contribution in [2.45, 2.75) is 26.2 Å². The zero-order valence-corrected chi connectivity index (χ0v) is 16.8. The van der Waals surface area contributed by atoms with Crippen molar-refractivity contribution in [1.29, 1.82) is 0 Å². The van der Waals surface area contributed by atoms with Crippen LogP contribution < -0.4 is 14.8 Å². The van der Waals surface area contributed by atoms with E-state index in [0.29, 0.717) is 16.6 Å². The Hall–Kier alpha value is -2.94. The molecule has 0 atom stereocenters. The second-order valence-corrected chi connectivity index (χ2v) is 7.28. The lowest BCUT2D eigenvalue weighted by Gasteiger charge is -2.16.